The van der Waals surface area contributed by atoms with Crippen molar-refractivity contribution in [3.05, 3.63) is 114 Å². The van der Waals surface area contributed by atoms with Crippen molar-refractivity contribution in [3.8, 4) is 0 Å². The molecule has 0 amide bonds. The van der Waals surface area contributed by atoms with Crippen LogP contribution in [-0.4, -0.2) is 29.4 Å². The van der Waals surface area contributed by atoms with E-state index in [-0.39, 0.29) is 30.1 Å². The van der Waals surface area contributed by atoms with Crippen LogP contribution < -0.4 is 5.19 Å². The van der Waals surface area contributed by atoms with Crippen LogP contribution in [-0.2, 0) is 28.4 Å². The summed E-state index contributed by atoms with van der Waals surface area (Å²) < 4.78 is 0. The minimum atomic E-state index is -1.54. The van der Waals surface area contributed by atoms with Gasteiger partial charge in [-0.25, -0.2) is 0 Å². The number of hydrogen-bond acceptors (Lipinski definition) is 2. The Morgan fingerprint density at radius 3 is 1.45 bits per heavy atom. The zero-order valence-electron chi connectivity index (χ0n) is 31.0. The number of pyridine rings is 2. The van der Waals surface area contributed by atoms with Crippen LogP contribution in [0.5, 0.6) is 0 Å². The van der Waals surface area contributed by atoms with Crippen molar-refractivity contribution >= 4 is 30.4 Å². The minimum absolute atomic E-state index is 0. The van der Waals surface area contributed by atoms with Crippen molar-refractivity contribution in [1.82, 2.24) is 9.97 Å². The summed E-state index contributed by atoms with van der Waals surface area (Å²) in [6.07, 6.45) is 25.1. The summed E-state index contributed by atoms with van der Waals surface area (Å²) in [5, 5.41) is 1.29. The molecule has 2 aromatic carbocycles. The predicted molar refractivity (Wildman–Crippen MR) is 217 cm³/mol. The Balaban J connectivity index is 0.000000576. The maximum absolute atomic E-state index is 4.67. The van der Waals surface area contributed by atoms with Crippen molar-refractivity contribution in [2.75, 3.05) is 0 Å². The molecule has 0 spiro atoms. The number of nitrogens with zero attached hydrogens (tertiary/aromatic N) is 2. The van der Waals surface area contributed by atoms with Crippen molar-refractivity contribution < 1.29 is 17.1 Å². The van der Waals surface area contributed by atoms with E-state index in [1.165, 1.54) is 22.9 Å². The summed E-state index contributed by atoms with van der Waals surface area (Å²) in [4.78, 5) is 9.35. The molecule has 276 valence electrons. The average Bonchev–Trinajstić information content (AvgIpc) is 3.83. The summed E-state index contributed by atoms with van der Waals surface area (Å²) in [5.41, 5.74) is 7.79. The number of aromatic nitrogens is 2. The third-order valence-electron chi connectivity index (χ3n) is 14.5. The van der Waals surface area contributed by atoms with E-state index in [1.54, 1.807) is 75.0 Å². The largest absolute Gasteiger partial charge is 0.748 e. The molecule has 8 aliphatic carbocycles. The molecule has 51 heavy (non-hydrogen) atoms. The Bertz CT molecular complexity index is 1580. The third kappa shape index (κ3) is 6.91. The van der Waals surface area contributed by atoms with Crippen LogP contribution in [0.2, 0.25) is 19.6 Å². The maximum atomic E-state index is 4.67. The molecular weight excluding hydrogens is 714 g/mol. The molecule has 8 bridgehead atoms. The molecule has 0 radical (unpaired) electrons. The van der Waals surface area contributed by atoms with Crippen LogP contribution in [0, 0.1) is 47.3 Å². The fourth-order valence-corrected chi connectivity index (χ4v) is 19.4. The standard InChI is InChI=1S/C40H53N2P2Si.C5H5.Fe/c1-45(2,3)36-20-33(37(21-36)40(43,34-6-4-8-41-22-34)35-7-5-9-42-23-35)24-44(38-29-12-25-10-26(14-29)15-30(38)13-25)39-31-16-27-11-28(18-31)19-32(39)17-27;1-2-4-5-3-1;/h4-9,20-23,25-32,38-39H,10-19,24,43H2,1-3H3;1-5H;/q-1;-5;. The Morgan fingerprint density at radius 2 is 1.10 bits per heavy atom. The number of hydrogen-bond donors (Lipinski definition) is 0. The molecule has 2 nitrogen and oxygen atoms in total. The van der Waals surface area contributed by atoms with Gasteiger partial charge < -0.3 is 30.3 Å². The normalized spacial score (nSPS) is 33.7. The minimum Gasteiger partial charge on any atom is -0.748 e. The SMILES string of the molecule is C[Si](C)(C)[c-]1cc(CP(C2C3CC4CC(C3)CC2C4)C2C3CC4CC(C3)CC2C4)c(C(P)(c2cccnc2)c2cccnc2)c1.[Fe].[cH-]1[cH-][cH-][cH-][cH-]1. The molecule has 4 aromatic rings. The molecule has 1 atom stereocenters. The van der Waals surface area contributed by atoms with Crippen molar-refractivity contribution in [1.29, 1.82) is 0 Å². The Hall–Kier alpha value is -1.40. The van der Waals surface area contributed by atoms with E-state index < -0.39 is 8.07 Å². The quantitative estimate of drug-likeness (QED) is 0.101. The zero-order chi connectivity index (χ0) is 34.0. The molecule has 0 saturated heterocycles. The zero-order valence-corrected chi connectivity index (χ0v) is 35.1. The Kier molecular flexibility index (Phi) is 10.5. The average molecular weight is 773 g/mol. The molecule has 0 N–H and O–H groups in total. The van der Waals surface area contributed by atoms with Crippen molar-refractivity contribution in [2.24, 2.45) is 47.3 Å². The van der Waals surface area contributed by atoms with Crippen molar-refractivity contribution in [2.45, 2.75) is 106 Å². The van der Waals surface area contributed by atoms with E-state index in [0.29, 0.717) is 0 Å². The fraction of sp³-hybridized carbons (Fsp3) is 0.556. The van der Waals surface area contributed by atoms with Gasteiger partial charge in [0.25, 0.3) is 0 Å². The molecule has 1 unspecified atom stereocenters. The third-order valence-corrected chi connectivity index (χ3v) is 21.5. The van der Waals surface area contributed by atoms with Gasteiger partial charge in [-0.05, 0) is 146 Å². The van der Waals surface area contributed by atoms with E-state index in [4.69, 9.17) is 0 Å². The monoisotopic (exact) mass is 772 g/mol. The van der Waals surface area contributed by atoms with Gasteiger partial charge >= 0.3 is 0 Å². The van der Waals surface area contributed by atoms with Gasteiger partial charge in [0.15, 0.2) is 0 Å². The summed E-state index contributed by atoms with van der Waals surface area (Å²) in [6, 6.07) is 24.3. The molecule has 2 heterocycles. The van der Waals surface area contributed by atoms with Crippen LogP contribution >= 0.6 is 17.2 Å². The first-order valence-corrected chi connectivity index (χ1v) is 25.8. The first kappa shape index (κ1) is 36.6. The van der Waals surface area contributed by atoms with Gasteiger partial charge in [-0.3, -0.25) is 9.97 Å². The van der Waals surface area contributed by atoms with E-state index in [9.17, 15) is 0 Å². The van der Waals surface area contributed by atoms with Crippen LogP contribution in [0.3, 0.4) is 0 Å². The first-order valence-electron chi connectivity index (χ1n) is 20.1. The van der Waals surface area contributed by atoms with Crippen LogP contribution in [0.1, 0.15) is 86.5 Å². The molecule has 0 aliphatic heterocycles. The fourth-order valence-electron chi connectivity index (χ4n) is 13.0. The Labute approximate surface area is 323 Å². The van der Waals surface area contributed by atoms with Gasteiger partial charge in [0, 0.05) is 55.1 Å². The molecular formula is C45H58FeN2P2Si-6. The van der Waals surface area contributed by atoms with Crippen LogP contribution in [0.15, 0.2) is 91.5 Å². The van der Waals surface area contributed by atoms with Gasteiger partial charge in [-0.1, -0.05) is 37.9 Å². The molecule has 12 rings (SSSR count). The topological polar surface area (TPSA) is 25.8 Å². The van der Waals surface area contributed by atoms with E-state index >= 15 is 0 Å². The summed E-state index contributed by atoms with van der Waals surface area (Å²) >= 11 is 0. The molecule has 2 aromatic heterocycles. The summed E-state index contributed by atoms with van der Waals surface area (Å²) in [6.45, 7) is 7.65. The molecule has 8 fully saturated rings. The smallest absolute Gasteiger partial charge is 0.0304 e. The summed E-state index contributed by atoms with van der Waals surface area (Å²) in [7, 11) is 1.75. The van der Waals surface area contributed by atoms with E-state index in [1.807, 2.05) is 42.7 Å². The van der Waals surface area contributed by atoms with Crippen molar-refractivity contribution in [3.63, 3.8) is 0 Å². The Morgan fingerprint density at radius 1 is 0.686 bits per heavy atom. The summed E-state index contributed by atoms with van der Waals surface area (Å²) in [5.74, 6) is 8.33. The van der Waals surface area contributed by atoms with Gasteiger partial charge in [-0.15, -0.1) is 17.2 Å². The van der Waals surface area contributed by atoms with E-state index in [0.717, 1.165) is 58.7 Å². The molecule has 8 saturated carbocycles. The van der Waals surface area contributed by atoms with Gasteiger partial charge in [0.2, 0.25) is 0 Å². The second-order valence-corrected chi connectivity index (χ2v) is 27.2. The van der Waals surface area contributed by atoms with Gasteiger partial charge in [0.1, 0.15) is 0 Å². The molecule has 8 aliphatic rings. The van der Waals surface area contributed by atoms with E-state index in [2.05, 4.69) is 87.6 Å². The maximum Gasteiger partial charge on any atom is 0.0304 e. The van der Waals surface area contributed by atoms with Gasteiger partial charge in [0.05, 0.1) is 0 Å². The number of rotatable bonds is 8. The molecule has 6 heteroatoms. The predicted octanol–water partition coefficient (Wildman–Crippen LogP) is 10.9. The van der Waals surface area contributed by atoms with Crippen LogP contribution in [0.25, 0.3) is 0 Å². The second kappa shape index (κ2) is 14.7. The second-order valence-electron chi connectivity index (χ2n) is 18.7. The first-order chi connectivity index (χ1) is 24.2. The van der Waals surface area contributed by atoms with Crippen LogP contribution in [0.4, 0.5) is 0 Å². The van der Waals surface area contributed by atoms with Gasteiger partial charge in [-0.2, -0.15) is 28.4 Å².